The van der Waals surface area contributed by atoms with Gasteiger partial charge in [0, 0.05) is 37.7 Å². The van der Waals surface area contributed by atoms with Crippen molar-refractivity contribution in [3.8, 4) is 0 Å². The monoisotopic (exact) mass is 303 g/mol. The van der Waals surface area contributed by atoms with Gasteiger partial charge < -0.3 is 10.2 Å². The van der Waals surface area contributed by atoms with Crippen LogP contribution < -0.4 is 5.32 Å². The molecule has 0 spiro atoms. The lowest BCUT2D eigenvalue weighted by molar-refractivity contribution is 0.0827. The molecule has 0 aliphatic carbocycles. The summed E-state index contributed by atoms with van der Waals surface area (Å²) in [5.41, 5.74) is 1.49. The van der Waals surface area contributed by atoms with Gasteiger partial charge in [0.1, 0.15) is 0 Å². The fourth-order valence-corrected chi connectivity index (χ4v) is 1.92. The molecular formula is C15H14ClN3O2. The molecule has 2 amide bonds. The number of anilines is 1. The normalized spacial score (nSPS) is 10.0. The number of benzene rings is 1. The molecule has 2 aromatic rings. The van der Waals surface area contributed by atoms with Gasteiger partial charge in [-0.15, -0.1) is 0 Å². The smallest absolute Gasteiger partial charge is 0.257 e. The first-order chi connectivity index (χ1) is 9.99. The highest BCUT2D eigenvalue weighted by Gasteiger charge is 2.11. The highest BCUT2D eigenvalue weighted by atomic mass is 35.5. The van der Waals surface area contributed by atoms with Crippen molar-refractivity contribution in [3.63, 3.8) is 0 Å². The van der Waals surface area contributed by atoms with Gasteiger partial charge in [0.2, 0.25) is 0 Å². The SMILES string of the molecule is CN(C)C(=O)c1ccc(NC(=O)c2ccncc2Cl)cc1. The number of hydrogen-bond acceptors (Lipinski definition) is 3. The van der Waals surface area contributed by atoms with Crippen LogP contribution in [0.3, 0.4) is 0 Å². The van der Waals surface area contributed by atoms with Crippen molar-refractivity contribution >= 4 is 29.1 Å². The van der Waals surface area contributed by atoms with Crippen molar-refractivity contribution in [1.29, 1.82) is 0 Å². The fraction of sp³-hybridized carbons (Fsp3) is 0.133. The number of carbonyl (C=O) groups excluding carboxylic acids is 2. The molecule has 6 heteroatoms. The topological polar surface area (TPSA) is 62.3 Å². The van der Waals surface area contributed by atoms with Crippen LogP contribution in [0.4, 0.5) is 5.69 Å². The van der Waals surface area contributed by atoms with Gasteiger partial charge in [0.15, 0.2) is 0 Å². The van der Waals surface area contributed by atoms with E-state index < -0.39 is 0 Å². The second-order valence-electron chi connectivity index (χ2n) is 4.59. The lowest BCUT2D eigenvalue weighted by Crippen LogP contribution is -2.21. The summed E-state index contributed by atoms with van der Waals surface area (Å²) in [6.07, 6.45) is 2.91. The van der Waals surface area contributed by atoms with Crippen LogP contribution in [0.1, 0.15) is 20.7 Å². The maximum atomic E-state index is 12.1. The number of nitrogens with one attached hydrogen (secondary N) is 1. The number of amides is 2. The molecule has 0 aliphatic rings. The minimum Gasteiger partial charge on any atom is -0.345 e. The van der Waals surface area contributed by atoms with Crippen LogP contribution in [0, 0.1) is 0 Å². The average Bonchev–Trinajstić information content (AvgIpc) is 2.47. The third-order valence-corrected chi connectivity index (χ3v) is 3.11. The van der Waals surface area contributed by atoms with E-state index >= 15 is 0 Å². The second kappa shape index (κ2) is 6.37. The number of hydrogen-bond donors (Lipinski definition) is 1. The molecule has 1 aromatic heterocycles. The predicted molar refractivity (Wildman–Crippen MR) is 81.7 cm³/mol. The quantitative estimate of drug-likeness (QED) is 0.948. The van der Waals surface area contributed by atoms with Gasteiger partial charge in [0.05, 0.1) is 10.6 Å². The van der Waals surface area contributed by atoms with Gasteiger partial charge >= 0.3 is 0 Å². The molecule has 0 radical (unpaired) electrons. The Bertz CT molecular complexity index is 669. The molecular weight excluding hydrogens is 290 g/mol. The van der Waals surface area contributed by atoms with E-state index in [1.807, 2.05) is 0 Å². The third-order valence-electron chi connectivity index (χ3n) is 2.81. The minimum atomic E-state index is -0.325. The molecule has 2 rings (SSSR count). The summed E-state index contributed by atoms with van der Waals surface area (Å²) in [7, 11) is 3.37. The van der Waals surface area contributed by atoms with E-state index in [9.17, 15) is 9.59 Å². The molecule has 0 aliphatic heterocycles. The Balaban J connectivity index is 2.12. The van der Waals surface area contributed by atoms with Crippen molar-refractivity contribution in [2.45, 2.75) is 0 Å². The van der Waals surface area contributed by atoms with Crippen LogP contribution in [-0.2, 0) is 0 Å². The third kappa shape index (κ3) is 3.58. The Morgan fingerprint density at radius 2 is 1.81 bits per heavy atom. The van der Waals surface area contributed by atoms with Gasteiger partial charge in [-0.3, -0.25) is 14.6 Å². The molecule has 0 saturated heterocycles. The Morgan fingerprint density at radius 3 is 2.38 bits per heavy atom. The second-order valence-corrected chi connectivity index (χ2v) is 4.99. The van der Waals surface area contributed by atoms with E-state index in [0.717, 1.165) is 0 Å². The molecule has 1 heterocycles. The van der Waals surface area contributed by atoms with Crippen LogP contribution >= 0.6 is 11.6 Å². The molecule has 21 heavy (non-hydrogen) atoms. The highest BCUT2D eigenvalue weighted by Crippen LogP contribution is 2.16. The van der Waals surface area contributed by atoms with Gasteiger partial charge in [-0.2, -0.15) is 0 Å². The molecule has 0 atom stereocenters. The lowest BCUT2D eigenvalue weighted by Gasteiger charge is -2.11. The zero-order valence-corrected chi connectivity index (χ0v) is 12.4. The first-order valence-corrected chi connectivity index (χ1v) is 6.59. The molecule has 108 valence electrons. The molecule has 0 saturated carbocycles. The molecule has 0 fully saturated rings. The van der Waals surface area contributed by atoms with Crippen LogP contribution in [0.15, 0.2) is 42.7 Å². The number of carbonyl (C=O) groups is 2. The summed E-state index contributed by atoms with van der Waals surface area (Å²) >= 11 is 5.91. The van der Waals surface area contributed by atoms with E-state index in [1.165, 1.54) is 17.3 Å². The number of aromatic nitrogens is 1. The number of halogens is 1. The Kier molecular flexibility index (Phi) is 4.55. The van der Waals surface area contributed by atoms with E-state index in [4.69, 9.17) is 11.6 Å². The first-order valence-electron chi connectivity index (χ1n) is 6.21. The first kappa shape index (κ1) is 15.0. The Labute approximate surface area is 127 Å². The van der Waals surface area contributed by atoms with Crippen molar-refractivity contribution in [3.05, 3.63) is 58.9 Å². The van der Waals surface area contributed by atoms with Gasteiger partial charge in [0.25, 0.3) is 11.8 Å². The van der Waals surface area contributed by atoms with Crippen LogP contribution in [-0.4, -0.2) is 35.8 Å². The van der Waals surface area contributed by atoms with Crippen molar-refractivity contribution in [1.82, 2.24) is 9.88 Å². The van der Waals surface area contributed by atoms with Crippen LogP contribution in [0.5, 0.6) is 0 Å². The van der Waals surface area contributed by atoms with Gasteiger partial charge in [-0.05, 0) is 30.3 Å². The summed E-state index contributed by atoms with van der Waals surface area (Å²) < 4.78 is 0. The van der Waals surface area contributed by atoms with E-state index in [-0.39, 0.29) is 16.8 Å². The summed E-state index contributed by atoms with van der Waals surface area (Å²) in [5, 5.41) is 3.00. The maximum absolute atomic E-state index is 12.1. The number of nitrogens with zero attached hydrogens (tertiary/aromatic N) is 2. The van der Waals surface area contributed by atoms with E-state index in [0.29, 0.717) is 16.8 Å². The lowest BCUT2D eigenvalue weighted by atomic mass is 10.1. The zero-order valence-electron chi connectivity index (χ0n) is 11.6. The molecule has 1 N–H and O–H groups in total. The van der Waals surface area contributed by atoms with E-state index in [2.05, 4.69) is 10.3 Å². The van der Waals surface area contributed by atoms with Crippen LogP contribution in [0.2, 0.25) is 5.02 Å². The summed E-state index contributed by atoms with van der Waals surface area (Å²) in [6, 6.07) is 8.20. The van der Waals surface area contributed by atoms with Crippen molar-refractivity contribution in [2.75, 3.05) is 19.4 Å². The van der Waals surface area contributed by atoms with E-state index in [1.54, 1.807) is 44.4 Å². The average molecular weight is 304 g/mol. The molecule has 0 unspecified atom stereocenters. The molecule has 1 aromatic carbocycles. The number of pyridine rings is 1. The zero-order chi connectivity index (χ0) is 15.4. The van der Waals surface area contributed by atoms with Gasteiger partial charge in [-0.25, -0.2) is 0 Å². The minimum absolute atomic E-state index is 0.0925. The summed E-state index contributed by atoms with van der Waals surface area (Å²) in [5.74, 6) is -0.417. The predicted octanol–water partition coefficient (Wildman–Crippen LogP) is 2.69. The van der Waals surface area contributed by atoms with Crippen molar-refractivity contribution < 1.29 is 9.59 Å². The maximum Gasteiger partial charge on any atom is 0.257 e. The standard InChI is InChI=1S/C15H14ClN3O2/c1-19(2)15(21)10-3-5-11(6-4-10)18-14(20)12-7-8-17-9-13(12)16/h3-9H,1-2H3,(H,18,20). The molecule has 0 bridgehead atoms. The highest BCUT2D eigenvalue weighted by molar-refractivity contribution is 6.34. The Hall–Kier alpha value is -2.40. The fourth-order valence-electron chi connectivity index (χ4n) is 1.71. The molecule has 5 nitrogen and oxygen atoms in total. The summed E-state index contributed by atoms with van der Waals surface area (Å²) in [4.78, 5) is 29.1. The van der Waals surface area contributed by atoms with Crippen LogP contribution in [0.25, 0.3) is 0 Å². The Morgan fingerprint density at radius 1 is 1.14 bits per heavy atom. The van der Waals surface area contributed by atoms with Crippen molar-refractivity contribution in [2.24, 2.45) is 0 Å². The number of rotatable bonds is 3. The largest absolute Gasteiger partial charge is 0.345 e. The summed E-state index contributed by atoms with van der Waals surface area (Å²) in [6.45, 7) is 0. The van der Waals surface area contributed by atoms with Gasteiger partial charge in [-0.1, -0.05) is 11.6 Å².